The highest BCUT2D eigenvalue weighted by molar-refractivity contribution is 6.32. The number of carbonyl (C=O) groups is 2. The van der Waals surface area contributed by atoms with Gasteiger partial charge in [0.1, 0.15) is 0 Å². The zero-order chi connectivity index (χ0) is 17.9. The van der Waals surface area contributed by atoms with Gasteiger partial charge in [0.2, 0.25) is 0 Å². The number of piperidine rings is 1. The lowest BCUT2D eigenvalue weighted by molar-refractivity contribution is -0.119. The predicted octanol–water partition coefficient (Wildman–Crippen LogP) is 2.33. The molecule has 132 valence electrons. The van der Waals surface area contributed by atoms with Crippen LogP contribution in [0, 0.1) is 11.8 Å². The molecule has 0 unspecified atom stereocenters. The molecule has 0 aliphatic carbocycles. The molecular formula is C17H23ClN2O4. The molecule has 2 amide bonds. The van der Waals surface area contributed by atoms with Crippen molar-refractivity contribution in [1.29, 1.82) is 0 Å². The van der Waals surface area contributed by atoms with Crippen molar-refractivity contribution in [3.05, 3.63) is 22.7 Å². The summed E-state index contributed by atoms with van der Waals surface area (Å²) < 4.78 is 10.5. The zero-order valence-corrected chi connectivity index (χ0v) is 14.9. The minimum Gasteiger partial charge on any atom is -0.493 e. The second-order valence-corrected chi connectivity index (χ2v) is 6.81. The quantitative estimate of drug-likeness (QED) is 0.879. The van der Waals surface area contributed by atoms with Gasteiger partial charge in [0.05, 0.1) is 12.1 Å². The number of nitrogens with zero attached hydrogens (tertiary/aromatic N) is 1. The molecule has 0 saturated carbocycles. The molecule has 2 N–H and O–H groups in total. The first-order valence-corrected chi connectivity index (χ1v) is 8.27. The first-order valence-electron chi connectivity index (χ1n) is 7.89. The first kappa shape index (κ1) is 18.4. The van der Waals surface area contributed by atoms with Crippen molar-refractivity contribution in [2.45, 2.75) is 20.3 Å². The monoisotopic (exact) mass is 354 g/mol. The van der Waals surface area contributed by atoms with E-state index in [2.05, 4.69) is 13.8 Å². The summed E-state index contributed by atoms with van der Waals surface area (Å²) in [5, 5.41) is 0.206. The van der Waals surface area contributed by atoms with Gasteiger partial charge in [-0.15, -0.1) is 0 Å². The number of hydrogen-bond acceptors (Lipinski definition) is 4. The third-order valence-electron chi connectivity index (χ3n) is 3.99. The Labute approximate surface area is 146 Å². The molecule has 1 aromatic carbocycles. The third-order valence-corrected chi connectivity index (χ3v) is 4.27. The summed E-state index contributed by atoms with van der Waals surface area (Å²) in [6, 6.07) is 3.11. The number of amides is 2. The molecule has 0 aromatic heterocycles. The van der Waals surface area contributed by atoms with E-state index in [1.807, 2.05) is 4.90 Å². The van der Waals surface area contributed by atoms with Crippen molar-refractivity contribution < 1.29 is 19.1 Å². The molecule has 6 nitrogen and oxygen atoms in total. The lowest BCUT2D eigenvalue weighted by Gasteiger charge is -2.35. The first-order chi connectivity index (χ1) is 11.3. The normalized spacial score (nSPS) is 20.6. The fourth-order valence-electron chi connectivity index (χ4n) is 3.14. The zero-order valence-electron chi connectivity index (χ0n) is 14.2. The van der Waals surface area contributed by atoms with Crippen LogP contribution in [0.5, 0.6) is 11.5 Å². The highest BCUT2D eigenvalue weighted by Gasteiger charge is 2.27. The molecule has 1 aromatic rings. The number of primary amides is 1. The molecule has 7 heteroatoms. The summed E-state index contributed by atoms with van der Waals surface area (Å²) in [4.78, 5) is 25.5. The summed E-state index contributed by atoms with van der Waals surface area (Å²) in [7, 11) is 1.45. The molecule has 1 aliphatic heterocycles. The van der Waals surface area contributed by atoms with Gasteiger partial charge in [-0.1, -0.05) is 25.4 Å². The topological polar surface area (TPSA) is 81.9 Å². The molecule has 1 fully saturated rings. The van der Waals surface area contributed by atoms with E-state index >= 15 is 0 Å². The van der Waals surface area contributed by atoms with Gasteiger partial charge >= 0.3 is 0 Å². The van der Waals surface area contributed by atoms with Gasteiger partial charge < -0.3 is 20.1 Å². The summed E-state index contributed by atoms with van der Waals surface area (Å²) in [6.45, 7) is 5.42. The fraction of sp³-hybridized carbons (Fsp3) is 0.529. The molecule has 0 radical (unpaired) electrons. The maximum absolute atomic E-state index is 12.8. The number of ether oxygens (including phenoxy) is 2. The molecule has 24 heavy (non-hydrogen) atoms. The summed E-state index contributed by atoms with van der Waals surface area (Å²) in [5.74, 6) is 0.723. The highest BCUT2D eigenvalue weighted by Crippen LogP contribution is 2.37. The standard InChI is InChI=1S/C17H23ClN2O4/c1-10-4-11(2)8-20(7-10)17(22)12-5-13(18)16(14(6-12)23-3)24-9-15(19)21/h5-6,10-11H,4,7-9H2,1-3H3,(H2,19,21)/t10-,11-/m0/s1. The Morgan fingerprint density at radius 3 is 2.46 bits per heavy atom. The van der Waals surface area contributed by atoms with Crippen LogP contribution in [0.2, 0.25) is 5.02 Å². The van der Waals surface area contributed by atoms with Gasteiger partial charge in [0.25, 0.3) is 11.8 Å². The van der Waals surface area contributed by atoms with Crippen molar-refractivity contribution in [2.75, 3.05) is 26.8 Å². The molecular weight excluding hydrogens is 332 g/mol. The van der Waals surface area contributed by atoms with Crippen LogP contribution in [-0.2, 0) is 4.79 Å². The average Bonchev–Trinajstić information content (AvgIpc) is 2.51. The van der Waals surface area contributed by atoms with Gasteiger partial charge in [-0.25, -0.2) is 0 Å². The van der Waals surface area contributed by atoms with Crippen LogP contribution in [0.25, 0.3) is 0 Å². The highest BCUT2D eigenvalue weighted by atomic mass is 35.5. The number of halogens is 1. The number of methoxy groups -OCH3 is 1. The Hall–Kier alpha value is -1.95. The fourth-order valence-corrected chi connectivity index (χ4v) is 3.40. The van der Waals surface area contributed by atoms with Crippen molar-refractivity contribution in [1.82, 2.24) is 4.90 Å². The number of benzene rings is 1. The smallest absolute Gasteiger partial charge is 0.255 e. The lowest BCUT2D eigenvalue weighted by Crippen LogP contribution is -2.42. The molecule has 0 spiro atoms. The predicted molar refractivity (Wildman–Crippen MR) is 91.5 cm³/mol. The van der Waals surface area contributed by atoms with Crippen LogP contribution in [0.15, 0.2) is 12.1 Å². The van der Waals surface area contributed by atoms with Crippen molar-refractivity contribution in [3.63, 3.8) is 0 Å². The van der Waals surface area contributed by atoms with E-state index < -0.39 is 5.91 Å². The Balaban J connectivity index is 2.25. The van der Waals surface area contributed by atoms with Gasteiger partial charge in [-0.3, -0.25) is 9.59 Å². The van der Waals surface area contributed by atoms with Crippen molar-refractivity contribution in [2.24, 2.45) is 17.6 Å². The minimum atomic E-state index is -0.621. The molecule has 0 bridgehead atoms. The molecule has 2 atom stereocenters. The van der Waals surface area contributed by atoms with E-state index in [-0.39, 0.29) is 23.3 Å². The van der Waals surface area contributed by atoms with E-state index in [4.69, 9.17) is 26.8 Å². The van der Waals surface area contributed by atoms with Crippen LogP contribution in [0.4, 0.5) is 0 Å². The number of carbonyl (C=O) groups excluding carboxylic acids is 2. The second kappa shape index (κ2) is 7.75. The van der Waals surface area contributed by atoms with E-state index in [0.717, 1.165) is 19.5 Å². The van der Waals surface area contributed by atoms with E-state index in [0.29, 0.717) is 23.1 Å². The van der Waals surface area contributed by atoms with Crippen molar-refractivity contribution in [3.8, 4) is 11.5 Å². The largest absolute Gasteiger partial charge is 0.493 e. The van der Waals surface area contributed by atoms with Gasteiger partial charge in [-0.05, 0) is 30.4 Å². The maximum Gasteiger partial charge on any atom is 0.255 e. The van der Waals surface area contributed by atoms with Crippen LogP contribution < -0.4 is 15.2 Å². The Kier molecular flexibility index (Phi) is 5.94. The van der Waals surface area contributed by atoms with E-state index in [1.165, 1.54) is 13.2 Å². The second-order valence-electron chi connectivity index (χ2n) is 6.40. The molecule has 2 rings (SSSR count). The third kappa shape index (κ3) is 4.32. The van der Waals surface area contributed by atoms with Gasteiger partial charge in [0, 0.05) is 18.7 Å². The average molecular weight is 355 g/mol. The summed E-state index contributed by atoms with van der Waals surface area (Å²) in [6.07, 6.45) is 1.12. The number of rotatable bonds is 5. The maximum atomic E-state index is 12.8. The van der Waals surface area contributed by atoms with Crippen molar-refractivity contribution >= 4 is 23.4 Å². The molecule has 1 aliphatic rings. The van der Waals surface area contributed by atoms with Gasteiger partial charge in [-0.2, -0.15) is 0 Å². The van der Waals surface area contributed by atoms with Crippen LogP contribution in [0.1, 0.15) is 30.6 Å². The summed E-state index contributed by atoms with van der Waals surface area (Å²) in [5.41, 5.74) is 5.51. The molecule has 1 heterocycles. The molecule has 1 saturated heterocycles. The number of hydrogen-bond donors (Lipinski definition) is 1. The summed E-state index contributed by atoms with van der Waals surface area (Å²) >= 11 is 6.21. The SMILES string of the molecule is COc1cc(C(=O)N2C[C@@H](C)C[C@H](C)C2)cc(Cl)c1OCC(N)=O. The number of likely N-dealkylation sites (tertiary alicyclic amines) is 1. The Bertz CT molecular complexity index is 625. The van der Waals surface area contributed by atoms with Gasteiger partial charge in [0.15, 0.2) is 18.1 Å². The van der Waals surface area contributed by atoms with Crippen LogP contribution >= 0.6 is 11.6 Å². The van der Waals surface area contributed by atoms with E-state index in [1.54, 1.807) is 6.07 Å². The van der Waals surface area contributed by atoms with Crippen LogP contribution in [0.3, 0.4) is 0 Å². The van der Waals surface area contributed by atoms with Crippen LogP contribution in [-0.4, -0.2) is 43.5 Å². The lowest BCUT2D eigenvalue weighted by atomic mass is 9.91. The minimum absolute atomic E-state index is 0.0879. The Morgan fingerprint density at radius 1 is 1.29 bits per heavy atom. The Morgan fingerprint density at radius 2 is 1.92 bits per heavy atom. The van der Waals surface area contributed by atoms with E-state index in [9.17, 15) is 9.59 Å². The number of nitrogens with two attached hydrogens (primary N) is 1.